The van der Waals surface area contributed by atoms with Gasteiger partial charge < -0.3 is 4.74 Å². The van der Waals surface area contributed by atoms with Crippen molar-refractivity contribution in [3.63, 3.8) is 0 Å². The first kappa shape index (κ1) is 22.7. The Morgan fingerprint density at radius 1 is 0.452 bits per heavy atom. The molecule has 0 spiro atoms. The topological polar surface area (TPSA) is 9.23 Å². The lowest BCUT2D eigenvalue weighted by Gasteiger charge is -2.64. The number of ether oxygens (including phenoxy) is 1. The zero-order chi connectivity index (χ0) is 22.5. The molecule has 0 radical (unpaired) electrons. The van der Waals surface area contributed by atoms with Gasteiger partial charge in [0.05, 0.1) is 11.2 Å². The van der Waals surface area contributed by atoms with E-state index in [-0.39, 0.29) is 11.2 Å². The molecule has 1 aliphatic heterocycles. The standard InChI is InChI=1S/C30H52O/c1-25(2)15-9-17-27(5)21(25)13-19-28(6)23(27)11-12-24(28)30(8)20-14-22-26(3,4)16-10-18-29(22,7)31-30/h21-24H,9-20H2,1-8H3/t21?,22?,23?,24-,27+,28-,29+,30-/m1/s1. The molecule has 5 aliphatic rings. The van der Waals surface area contributed by atoms with Crippen molar-refractivity contribution in [2.24, 2.45) is 45.3 Å². The van der Waals surface area contributed by atoms with Crippen LogP contribution in [-0.4, -0.2) is 11.2 Å². The predicted octanol–water partition coefficient (Wildman–Crippen LogP) is 8.80. The van der Waals surface area contributed by atoms with Crippen LogP contribution in [0.4, 0.5) is 0 Å². The summed E-state index contributed by atoms with van der Waals surface area (Å²) in [5.74, 6) is 3.30. The highest BCUT2D eigenvalue weighted by Gasteiger charge is 2.66. The van der Waals surface area contributed by atoms with E-state index < -0.39 is 0 Å². The Balaban J connectivity index is 1.44. The summed E-state index contributed by atoms with van der Waals surface area (Å²) in [5, 5.41) is 0. The Bertz CT molecular complexity index is 722. The lowest BCUT2D eigenvalue weighted by Crippen LogP contribution is -2.62. The van der Waals surface area contributed by atoms with Crippen LogP contribution in [0.1, 0.15) is 132 Å². The summed E-state index contributed by atoms with van der Waals surface area (Å²) in [7, 11) is 0. The first-order chi connectivity index (χ1) is 14.3. The molecule has 5 fully saturated rings. The SMILES string of the molecule is CC1(C)CCC[C@@]2(C)C1CC[C@]1(C)C2CC[C@H]1[C@@]1(C)CCC2C(C)(C)CCC[C@]2(C)O1. The second kappa shape index (κ2) is 6.76. The summed E-state index contributed by atoms with van der Waals surface area (Å²) in [6, 6.07) is 0. The molecule has 178 valence electrons. The third-order valence-corrected chi connectivity index (χ3v) is 12.7. The van der Waals surface area contributed by atoms with E-state index in [4.69, 9.17) is 4.74 Å². The average Bonchev–Trinajstić information content (AvgIpc) is 2.99. The van der Waals surface area contributed by atoms with Crippen molar-refractivity contribution < 1.29 is 4.74 Å². The number of hydrogen-bond donors (Lipinski definition) is 0. The minimum absolute atomic E-state index is 0.0789. The van der Waals surface area contributed by atoms with Crippen molar-refractivity contribution in [2.75, 3.05) is 0 Å². The van der Waals surface area contributed by atoms with Gasteiger partial charge in [-0.25, -0.2) is 0 Å². The molecule has 4 saturated carbocycles. The van der Waals surface area contributed by atoms with E-state index in [1.807, 2.05) is 0 Å². The molecule has 1 saturated heterocycles. The molecule has 3 unspecified atom stereocenters. The van der Waals surface area contributed by atoms with Crippen molar-refractivity contribution in [1.82, 2.24) is 0 Å². The molecule has 8 atom stereocenters. The second-order valence-corrected chi connectivity index (χ2v) is 15.3. The molecule has 5 rings (SSSR count). The Morgan fingerprint density at radius 2 is 0.968 bits per heavy atom. The van der Waals surface area contributed by atoms with Crippen LogP contribution in [-0.2, 0) is 4.74 Å². The molecular formula is C30H52O. The van der Waals surface area contributed by atoms with Crippen molar-refractivity contribution in [2.45, 2.75) is 144 Å². The summed E-state index contributed by atoms with van der Waals surface area (Å²) in [4.78, 5) is 0. The Labute approximate surface area is 193 Å². The maximum Gasteiger partial charge on any atom is 0.0695 e. The van der Waals surface area contributed by atoms with Crippen LogP contribution in [0.3, 0.4) is 0 Å². The number of rotatable bonds is 1. The lowest BCUT2D eigenvalue weighted by atomic mass is 9.42. The summed E-state index contributed by atoms with van der Waals surface area (Å²) in [6.45, 7) is 20.7. The fourth-order valence-electron chi connectivity index (χ4n) is 11.6. The van der Waals surface area contributed by atoms with Crippen molar-refractivity contribution in [3.05, 3.63) is 0 Å². The molecule has 0 bridgehead atoms. The third-order valence-electron chi connectivity index (χ3n) is 12.7. The minimum atomic E-state index is 0.0789. The number of fused-ring (bicyclic) bond motifs is 4. The fraction of sp³-hybridized carbons (Fsp3) is 1.00. The normalized spacial score (nSPS) is 55.7. The Kier molecular flexibility index (Phi) is 4.96. The highest BCUT2D eigenvalue weighted by Crippen LogP contribution is 2.72. The van der Waals surface area contributed by atoms with Crippen LogP contribution in [0.5, 0.6) is 0 Å². The maximum absolute atomic E-state index is 7.41. The second-order valence-electron chi connectivity index (χ2n) is 15.3. The van der Waals surface area contributed by atoms with Gasteiger partial charge in [0.1, 0.15) is 0 Å². The van der Waals surface area contributed by atoms with Crippen LogP contribution in [0, 0.1) is 45.3 Å². The van der Waals surface area contributed by atoms with Crippen LogP contribution in [0.2, 0.25) is 0 Å². The van der Waals surface area contributed by atoms with E-state index in [1.54, 1.807) is 0 Å². The van der Waals surface area contributed by atoms with Crippen molar-refractivity contribution >= 4 is 0 Å². The molecule has 0 N–H and O–H groups in total. The van der Waals surface area contributed by atoms with Gasteiger partial charge in [-0.05, 0) is 123 Å². The van der Waals surface area contributed by atoms with Gasteiger partial charge in [0, 0.05) is 0 Å². The molecule has 1 nitrogen and oxygen atoms in total. The van der Waals surface area contributed by atoms with E-state index in [0.717, 1.165) is 23.7 Å². The summed E-state index contributed by atoms with van der Waals surface area (Å²) in [5.41, 5.74) is 2.17. The molecule has 4 aliphatic carbocycles. The van der Waals surface area contributed by atoms with Crippen LogP contribution in [0.25, 0.3) is 0 Å². The van der Waals surface area contributed by atoms with Gasteiger partial charge in [-0.2, -0.15) is 0 Å². The van der Waals surface area contributed by atoms with Gasteiger partial charge in [0.15, 0.2) is 0 Å². The fourth-order valence-corrected chi connectivity index (χ4v) is 11.6. The molecule has 1 heteroatoms. The van der Waals surface area contributed by atoms with E-state index in [1.165, 1.54) is 77.0 Å². The van der Waals surface area contributed by atoms with E-state index in [2.05, 4.69) is 55.4 Å². The van der Waals surface area contributed by atoms with E-state index in [9.17, 15) is 0 Å². The zero-order valence-electron chi connectivity index (χ0n) is 22.2. The predicted molar refractivity (Wildman–Crippen MR) is 131 cm³/mol. The molecular weight excluding hydrogens is 376 g/mol. The third kappa shape index (κ3) is 3.10. The quantitative estimate of drug-likeness (QED) is 0.405. The number of hydrogen-bond acceptors (Lipinski definition) is 1. The smallest absolute Gasteiger partial charge is 0.0695 e. The summed E-state index contributed by atoms with van der Waals surface area (Å²) >= 11 is 0. The molecule has 0 aromatic carbocycles. The lowest BCUT2D eigenvalue weighted by molar-refractivity contribution is -0.269. The van der Waals surface area contributed by atoms with E-state index >= 15 is 0 Å². The van der Waals surface area contributed by atoms with Crippen LogP contribution >= 0.6 is 0 Å². The molecule has 0 aromatic heterocycles. The summed E-state index contributed by atoms with van der Waals surface area (Å²) < 4.78 is 7.41. The van der Waals surface area contributed by atoms with Gasteiger partial charge in [-0.15, -0.1) is 0 Å². The maximum atomic E-state index is 7.41. The summed E-state index contributed by atoms with van der Waals surface area (Å²) in [6.07, 6.45) is 16.8. The molecule has 0 amide bonds. The van der Waals surface area contributed by atoms with Crippen molar-refractivity contribution in [3.8, 4) is 0 Å². The van der Waals surface area contributed by atoms with Crippen LogP contribution < -0.4 is 0 Å². The zero-order valence-corrected chi connectivity index (χ0v) is 22.2. The van der Waals surface area contributed by atoms with Gasteiger partial charge in [-0.3, -0.25) is 0 Å². The highest BCUT2D eigenvalue weighted by molar-refractivity contribution is 5.15. The largest absolute Gasteiger partial charge is 0.369 e. The van der Waals surface area contributed by atoms with E-state index in [0.29, 0.717) is 21.7 Å². The van der Waals surface area contributed by atoms with Crippen LogP contribution in [0.15, 0.2) is 0 Å². The van der Waals surface area contributed by atoms with Crippen molar-refractivity contribution in [1.29, 1.82) is 0 Å². The first-order valence-corrected chi connectivity index (χ1v) is 14.0. The molecule has 31 heavy (non-hydrogen) atoms. The molecule has 0 aromatic rings. The van der Waals surface area contributed by atoms with Gasteiger partial charge >= 0.3 is 0 Å². The highest BCUT2D eigenvalue weighted by atomic mass is 16.5. The van der Waals surface area contributed by atoms with Gasteiger partial charge in [-0.1, -0.05) is 54.4 Å². The molecule has 1 heterocycles. The van der Waals surface area contributed by atoms with Gasteiger partial charge in [0.25, 0.3) is 0 Å². The van der Waals surface area contributed by atoms with Gasteiger partial charge in [0.2, 0.25) is 0 Å². The Hall–Kier alpha value is -0.0400. The Morgan fingerprint density at radius 3 is 1.68 bits per heavy atom. The minimum Gasteiger partial charge on any atom is -0.369 e. The average molecular weight is 429 g/mol. The monoisotopic (exact) mass is 428 g/mol. The first-order valence-electron chi connectivity index (χ1n) is 14.0.